The molecule has 0 radical (unpaired) electrons. The van der Waals surface area contributed by atoms with Gasteiger partial charge in [-0.1, -0.05) is 34.6 Å². The Hall–Kier alpha value is -1.27. The van der Waals surface area contributed by atoms with E-state index in [0.717, 1.165) is 0 Å². The topological polar surface area (TPSA) is 201 Å². The summed E-state index contributed by atoms with van der Waals surface area (Å²) in [6.45, 7) is 6.55. The fraction of sp³-hybridized carbons (Fsp3) is 0.750. The summed E-state index contributed by atoms with van der Waals surface area (Å²) < 4.78 is 0. The second kappa shape index (κ2) is 39.2. The van der Waals surface area contributed by atoms with Gasteiger partial charge in [-0.3, -0.25) is 0 Å². The van der Waals surface area contributed by atoms with Crippen molar-refractivity contribution in [2.24, 2.45) is 29.6 Å². The fourth-order valence-corrected chi connectivity index (χ4v) is 0.196. The predicted molar refractivity (Wildman–Crippen MR) is 100 cm³/mol. The molecule has 0 aromatic rings. The SMILES string of the molecule is CC(C=O)C[O-].CC(C=O)C[O-].CC(C=O)C[O-].CC(C=O)C[O-].CC(C=O)C[O-].[V+5]. The second-order valence-electron chi connectivity index (χ2n) is 6.40. The maximum Gasteiger partial charge on any atom is 5.00 e. The van der Waals surface area contributed by atoms with E-state index < -0.39 is 0 Å². The Bertz CT molecular complexity index is 302. The average Bonchev–Trinajstić information content (AvgIpc) is 2.82. The van der Waals surface area contributed by atoms with E-state index in [2.05, 4.69) is 0 Å². The molecular formula is C20H35O10V. The summed E-state index contributed by atoms with van der Waals surface area (Å²) in [6.07, 6.45) is 3.30. The van der Waals surface area contributed by atoms with Crippen LogP contribution in [0.25, 0.3) is 0 Å². The minimum absolute atomic E-state index is 0. The summed E-state index contributed by atoms with van der Waals surface area (Å²) in [5, 5.41) is 48.1. The number of hydrogen-bond donors (Lipinski definition) is 0. The molecular weight excluding hydrogens is 451 g/mol. The van der Waals surface area contributed by atoms with Crippen LogP contribution < -0.4 is 25.5 Å². The average molecular weight is 486 g/mol. The van der Waals surface area contributed by atoms with E-state index in [9.17, 15) is 49.5 Å². The van der Waals surface area contributed by atoms with Crippen LogP contribution >= 0.6 is 0 Å². The van der Waals surface area contributed by atoms with Gasteiger partial charge in [0.25, 0.3) is 0 Å². The first-order chi connectivity index (χ1) is 14.0. The van der Waals surface area contributed by atoms with Crippen LogP contribution in [0.4, 0.5) is 0 Å². The zero-order valence-corrected chi connectivity index (χ0v) is 20.2. The second-order valence-corrected chi connectivity index (χ2v) is 6.40. The molecule has 10 nitrogen and oxygen atoms in total. The molecule has 180 valence electrons. The maximum atomic E-state index is 9.63. The molecule has 0 N–H and O–H groups in total. The van der Waals surface area contributed by atoms with Crippen LogP contribution in [0.5, 0.6) is 0 Å². The minimum atomic E-state index is -0.301. The summed E-state index contributed by atoms with van der Waals surface area (Å²) in [5.74, 6) is -1.50. The van der Waals surface area contributed by atoms with E-state index in [1.807, 2.05) is 0 Å². The van der Waals surface area contributed by atoms with Gasteiger partial charge < -0.3 is 49.5 Å². The molecule has 0 rings (SSSR count). The molecule has 11 heteroatoms. The van der Waals surface area contributed by atoms with E-state index in [-0.39, 0.29) is 81.2 Å². The summed E-state index contributed by atoms with van der Waals surface area (Å²) in [7, 11) is 0. The third-order valence-electron chi connectivity index (χ3n) is 2.48. The van der Waals surface area contributed by atoms with Crippen molar-refractivity contribution in [2.75, 3.05) is 33.0 Å². The van der Waals surface area contributed by atoms with Gasteiger partial charge in [0.05, 0.1) is 0 Å². The van der Waals surface area contributed by atoms with Crippen LogP contribution in [-0.4, -0.2) is 64.5 Å². The molecule has 0 aliphatic heterocycles. The van der Waals surface area contributed by atoms with Gasteiger partial charge in [0.2, 0.25) is 0 Å². The van der Waals surface area contributed by atoms with Crippen LogP contribution in [0.1, 0.15) is 34.6 Å². The van der Waals surface area contributed by atoms with Crippen LogP contribution in [0.3, 0.4) is 0 Å². The van der Waals surface area contributed by atoms with E-state index in [1.165, 1.54) is 0 Å². The quantitative estimate of drug-likeness (QED) is 0.273. The van der Waals surface area contributed by atoms with Crippen molar-refractivity contribution in [1.82, 2.24) is 0 Å². The van der Waals surface area contributed by atoms with E-state index in [1.54, 1.807) is 34.6 Å². The van der Waals surface area contributed by atoms with Crippen molar-refractivity contribution >= 4 is 31.4 Å². The van der Waals surface area contributed by atoms with Crippen LogP contribution in [0, 0.1) is 29.6 Å². The van der Waals surface area contributed by atoms with Crippen LogP contribution in [0.15, 0.2) is 0 Å². The fourth-order valence-electron chi connectivity index (χ4n) is 0.196. The largest absolute Gasteiger partial charge is 5.00 e. The van der Waals surface area contributed by atoms with E-state index >= 15 is 0 Å². The Balaban J connectivity index is -0.0000000625. The molecule has 0 aromatic carbocycles. The third-order valence-corrected chi connectivity index (χ3v) is 2.48. The third kappa shape index (κ3) is 58.5. The van der Waals surface area contributed by atoms with Gasteiger partial charge in [-0.05, 0) is 29.6 Å². The van der Waals surface area contributed by atoms with Gasteiger partial charge in [-0.25, -0.2) is 0 Å². The Morgan fingerprint density at radius 2 is 0.516 bits per heavy atom. The van der Waals surface area contributed by atoms with E-state index in [4.69, 9.17) is 0 Å². The summed E-state index contributed by atoms with van der Waals surface area (Å²) in [6, 6.07) is 0. The monoisotopic (exact) mass is 486 g/mol. The number of carbonyl (C=O) groups excluding carboxylic acids is 5. The van der Waals surface area contributed by atoms with Crippen molar-refractivity contribution in [3.05, 3.63) is 0 Å². The van der Waals surface area contributed by atoms with Gasteiger partial charge in [0.15, 0.2) is 0 Å². The first-order valence-electron chi connectivity index (χ1n) is 9.22. The van der Waals surface area contributed by atoms with Gasteiger partial charge in [0.1, 0.15) is 31.4 Å². The van der Waals surface area contributed by atoms with Crippen molar-refractivity contribution in [1.29, 1.82) is 0 Å². The molecule has 0 heterocycles. The van der Waals surface area contributed by atoms with Crippen molar-refractivity contribution in [3.63, 3.8) is 0 Å². The molecule has 31 heavy (non-hydrogen) atoms. The molecule has 0 saturated heterocycles. The standard InChI is InChI=1S/5C4H7O2.V/c5*1-4(2-5)3-6;/h5*2,4H,3H2,1H3;/q5*-1;+5. The van der Waals surface area contributed by atoms with Gasteiger partial charge in [-0.15, -0.1) is 33.0 Å². The zero-order valence-electron chi connectivity index (χ0n) is 18.8. The Kier molecular flexibility index (Phi) is 55.2. The Labute approximate surface area is 196 Å². The molecule has 5 unspecified atom stereocenters. The summed E-state index contributed by atoms with van der Waals surface area (Å²) in [4.78, 5) is 47.7. The molecule has 0 spiro atoms. The maximum absolute atomic E-state index is 9.63. The van der Waals surface area contributed by atoms with Crippen molar-refractivity contribution < 1.29 is 68.1 Å². The molecule has 0 bridgehead atoms. The Morgan fingerprint density at radius 3 is 0.516 bits per heavy atom. The van der Waals surface area contributed by atoms with Gasteiger partial charge in [-0.2, -0.15) is 0 Å². The molecule has 0 aliphatic carbocycles. The van der Waals surface area contributed by atoms with E-state index in [0.29, 0.717) is 31.4 Å². The predicted octanol–water partition coefficient (Wildman–Crippen LogP) is -4.09. The molecule has 0 amide bonds. The molecule has 0 aromatic heterocycles. The smallest absolute Gasteiger partial charge is 0.854 e. The van der Waals surface area contributed by atoms with Crippen LogP contribution in [0.2, 0.25) is 0 Å². The number of carbonyl (C=O) groups is 5. The molecule has 0 aliphatic rings. The minimum Gasteiger partial charge on any atom is -0.854 e. The molecule has 5 atom stereocenters. The van der Waals surface area contributed by atoms with Crippen LogP contribution in [-0.2, 0) is 42.5 Å². The molecule has 0 fully saturated rings. The first kappa shape index (κ1) is 43.6. The normalized spacial score (nSPS) is 13.2. The van der Waals surface area contributed by atoms with Crippen molar-refractivity contribution in [3.8, 4) is 0 Å². The first-order valence-corrected chi connectivity index (χ1v) is 9.22. The van der Waals surface area contributed by atoms with Crippen molar-refractivity contribution in [2.45, 2.75) is 34.6 Å². The number of aldehydes is 5. The van der Waals surface area contributed by atoms with Gasteiger partial charge >= 0.3 is 18.6 Å². The Morgan fingerprint density at radius 1 is 0.419 bits per heavy atom. The van der Waals surface area contributed by atoms with Gasteiger partial charge in [0, 0.05) is 0 Å². The number of rotatable bonds is 10. The summed E-state index contributed by atoms with van der Waals surface area (Å²) >= 11 is 0. The zero-order chi connectivity index (χ0) is 25.0. The summed E-state index contributed by atoms with van der Waals surface area (Å²) in [5.41, 5.74) is 0. The molecule has 0 saturated carbocycles. The number of hydrogen-bond acceptors (Lipinski definition) is 10.